The highest BCUT2D eigenvalue weighted by Crippen LogP contribution is 2.55. The fraction of sp³-hybridized carbons (Fsp3) is 0.438. The minimum atomic E-state index is -0.956. The first kappa shape index (κ1) is 15.1. The van der Waals surface area contributed by atoms with Crippen molar-refractivity contribution in [3.05, 3.63) is 35.9 Å². The monoisotopic (exact) mass is 318 g/mol. The van der Waals surface area contributed by atoms with Crippen molar-refractivity contribution < 1.29 is 14.7 Å². The van der Waals surface area contributed by atoms with E-state index in [1.807, 2.05) is 44.2 Å². The summed E-state index contributed by atoms with van der Waals surface area (Å²) in [4.78, 5) is 30.0. The van der Waals surface area contributed by atoms with E-state index >= 15 is 0 Å². The Morgan fingerprint density at radius 1 is 1.32 bits per heavy atom. The number of amides is 1. The van der Waals surface area contributed by atoms with E-state index in [1.54, 1.807) is 13.1 Å². The summed E-state index contributed by atoms with van der Waals surface area (Å²) < 4.78 is -0.522. The molecule has 1 amide bonds. The van der Waals surface area contributed by atoms with Crippen molar-refractivity contribution in [3.8, 4) is 0 Å². The lowest BCUT2D eigenvalue weighted by atomic mass is 9.87. The molecule has 0 unspecified atom stereocenters. The lowest BCUT2D eigenvalue weighted by Crippen LogP contribution is -2.71. The first-order valence-electron chi connectivity index (χ1n) is 7.11. The average molecular weight is 318 g/mol. The third-order valence-electron chi connectivity index (χ3n) is 4.27. The zero-order valence-electron chi connectivity index (χ0n) is 12.7. The Morgan fingerprint density at radius 2 is 1.95 bits per heavy atom. The van der Waals surface area contributed by atoms with Gasteiger partial charge in [-0.3, -0.25) is 9.79 Å². The van der Waals surface area contributed by atoms with Gasteiger partial charge in [-0.1, -0.05) is 30.3 Å². The van der Waals surface area contributed by atoms with Gasteiger partial charge in [0.2, 0.25) is 0 Å². The number of benzene rings is 1. The van der Waals surface area contributed by atoms with Gasteiger partial charge in [-0.2, -0.15) is 0 Å². The molecule has 0 aromatic heterocycles. The Bertz CT molecular complexity index is 659. The van der Waals surface area contributed by atoms with Crippen LogP contribution in [0, 0.1) is 0 Å². The maximum atomic E-state index is 12.5. The Hall–Kier alpha value is -1.82. The van der Waals surface area contributed by atoms with E-state index in [4.69, 9.17) is 0 Å². The normalized spacial score (nSPS) is 32.9. The summed E-state index contributed by atoms with van der Waals surface area (Å²) in [5, 5.41) is 9.20. The number of β-lactam (4-membered cyclic amide) rings is 1. The highest BCUT2D eigenvalue weighted by atomic mass is 32.2. The maximum Gasteiger partial charge on any atom is 0.327 e. The molecule has 0 bridgehead atoms. The van der Waals surface area contributed by atoms with Crippen LogP contribution in [-0.2, 0) is 9.59 Å². The van der Waals surface area contributed by atoms with Crippen molar-refractivity contribution in [2.75, 3.05) is 0 Å². The molecule has 0 spiro atoms. The van der Waals surface area contributed by atoms with Crippen LogP contribution < -0.4 is 0 Å². The van der Waals surface area contributed by atoms with E-state index < -0.39 is 22.3 Å². The minimum Gasteiger partial charge on any atom is -0.480 e. The standard InChI is InChI=1S/C16H18N2O3S/c1-15(2)11(12(19)20)18-13(21)16(3,14(18)22-15)17-9-10-7-5-4-6-8-10/h4-9,11,14H,1-3H3,(H,19,20)/t11-,14+,16-/m0/s1. The first-order valence-corrected chi connectivity index (χ1v) is 7.99. The quantitative estimate of drug-likeness (QED) is 0.684. The van der Waals surface area contributed by atoms with Crippen molar-refractivity contribution in [2.45, 2.75) is 42.5 Å². The molecule has 1 aromatic rings. The van der Waals surface area contributed by atoms with Crippen molar-refractivity contribution >= 4 is 29.9 Å². The van der Waals surface area contributed by atoms with Crippen LogP contribution in [0.3, 0.4) is 0 Å². The Morgan fingerprint density at radius 3 is 2.55 bits per heavy atom. The summed E-state index contributed by atoms with van der Waals surface area (Å²) in [5.41, 5.74) is 0.0362. The van der Waals surface area contributed by atoms with Gasteiger partial charge < -0.3 is 10.0 Å². The Balaban J connectivity index is 1.88. The summed E-state index contributed by atoms with van der Waals surface area (Å²) in [6, 6.07) is 8.77. The van der Waals surface area contributed by atoms with Gasteiger partial charge in [0.25, 0.3) is 5.91 Å². The van der Waals surface area contributed by atoms with Gasteiger partial charge in [0.15, 0.2) is 5.54 Å². The third-order valence-corrected chi connectivity index (χ3v) is 6.01. The molecular weight excluding hydrogens is 300 g/mol. The van der Waals surface area contributed by atoms with Gasteiger partial charge in [-0.25, -0.2) is 4.79 Å². The SMILES string of the molecule is CC1(C)S[C@H]2N(C(=O)[C@]2(C)N=Cc2ccccc2)[C@H]1C(=O)O. The number of carboxylic acids is 1. The number of fused-ring (bicyclic) bond motifs is 1. The predicted octanol–water partition coefficient (Wildman–Crippen LogP) is 2.01. The second-order valence-electron chi connectivity index (χ2n) is 6.34. The molecule has 1 N–H and O–H groups in total. The second kappa shape index (κ2) is 4.84. The smallest absolute Gasteiger partial charge is 0.327 e. The highest BCUT2D eigenvalue weighted by Gasteiger charge is 2.69. The van der Waals surface area contributed by atoms with Gasteiger partial charge in [-0.15, -0.1) is 11.8 Å². The minimum absolute atomic E-state index is 0.213. The number of carbonyl (C=O) groups is 2. The molecule has 116 valence electrons. The number of aliphatic imine (C=N–C) groups is 1. The molecule has 2 heterocycles. The molecule has 5 nitrogen and oxygen atoms in total. The van der Waals surface area contributed by atoms with E-state index in [2.05, 4.69) is 4.99 Å². The van der Waals surface area contributed by atoms with Crippen LogP contribution >= 0.6 is 11.8 Å². The van der Waals surface area contributed by atoms with Crippen molar-refractivity contribution in [1.29, 1.82) is 0 Å². The highest BCUT2D eigenvalue weighted by molar-refractivity contribution is 8.01. The fourth-order valence-corrected chi connectivity index (χ4v) is 4.71. The number of aliphatic carboxylic acids is 1. The molecule has 3 rings (SSSR count). The van der Waals surface area contributed by atoms with Crippen LogP contribution in [-0.4, -0.2) is 49.8 Å². The summed E-state index contributed by atoms with van der Waals surface area (Å²) in [7, 11) is 0. The average Bonchev–Trinajstić information content (AvgIpc) is 2.75. The topological polar surface area (TPSA) is 70.0 Å². The number of hydrogen-bond acceptors (Lipinski definition) is 4. The maximum absolute atomic E-state index is 12.5. The fourth-order valence-electron chi connectivity index (χ4n) is 3.07. The number of nitrogens with zero attached hydrogens (tertiary/aromatic N) is 2. The predicted molar refractivity (Wildman–Crippen MR) is 86.2 cm³/mol. The van der Waals surface area contributed by atoms with E-state index in [0.717, 1.165) is 5.56 Å². The van der Waals surface area contributed by atoms with Gasteiger partial charge in [-0.05, 0) is 26.3 Å². The molecule has 2 fully saturated rings. The second-order valence-corrected chi connectivity index (χ2v) is 8.08. The number of hydrogen-bond donors (Lipinski definition) is 1. The van der Waals surface area contributed by atoms with E-state index in [9.17, 15) is 14.7 Å². The number of carboxylic acid groups (broad SMARTS) is 1. The van der Waals surface area contributed by atoms with Crippen LogP contribution in [0.15, 0.2) is 35.3 Å². The Labute approximate surface area is 133 Å². The number of thioether (sulfide) groups is 1. The largest absolute Gasteiger partial charge is 0.480 e. The Kier molecular flexibility index (Phi) is 3.32. The van der Waals surface area contributed by atoms with E-state index in [0.29, 0.717) is 0 Å². The number of rotatable bonds is 3. The van der Waals surface area contributed by atoms with E-state index in [1.165, 1.54) is 16.7 Å². The van der Waals surface area contributed by atoms with Crippen LogP contribution in [0.25, 0.3) is 0 Å². The van der Waals surface area contributed by atoms with Crippen molar-refractivity contribution in [2.24, 2.45) is 4.99 Å². The lowest BCUT2D eigenvalue weighted by Gasteiger charge is -2.48. The molecule has 2 aliphatic heterocycles. The molecule has 0 aliphatic carbocycles. The number of carbonyl (C=O) groups excluding carboxylic acids is 1. The molecule has 2 saturated heterocycles. The zero-order valence-corrected chi connectivity index (χ0v) is 13.5. The molecule has 22 heavy (non-hydrogen) atoms. The summed E-state index contributed by atoms with van der Waals surface area (Å²) in [5.74, 6) is -1.17. The molecule has 3 atom stereocenters. The van der Waals surface area contributed by atoms with Crippen molar-refractivity contribution in [3.63, 3.8) is 0 Å². The van der Waals surface area contributed by atoms with Crippen molar-refractivity contribution in [1.82, 2.24) is 4.90 Å². The summed E-state index contributed by atoms with van der Waals surface area (Å²) in [6.45, 7) is 5.51. The zero-order chi connectivity index (χ0) is 16.1. The summed E-state index contributed by atoms with van der Waals surface area (Å²) >= 11 is 1.51. The van der Waals surface area contributed by atoms with Gasteiger partial charge in [0.05, 0.1) is 0 Å². The van der Waals surface area contributed by atoms with E-state index in [-0.39, 0.29) is 11.3 Å². The molecule has 2 aliphatic rings. The van der Waals surface area contributed by atoms with Crippen LogP contribution in [0.1, 0.15) is 26.3 Å². The van der Waals surface area contributed by atoms with Gasteiger partial charge in [0.1, 0.15) is 11.4 Å². The third kappa shape index (κ3) is 2.05. The van der Waals surface area contributed by atoms with Crippen LogP contribution in [0.5, 0.6) is 0 Å². The lowest BCUT2D eigenvalue weighted by molar-refractivity contribution is -0.164. The van der Waals surface area contributed by atoms with Crippen LogP contribution in [0.2, 0.25) is 0 Å². The molecule has 0 radical (unpaired) electrons. The summed E-state index contributed by atoms with van der Waals surface area (Å²) in [6.07, 6.45) is 1.69. The first-order chi connectivity index (χ1) is 10.3. The molecule has 0 saturated carbocycles. The van der Waals surface area contributed by atoms with Gasteiger partial charge in [0, 0.05) is 11.0 Å². The molecule has 6 heteroatoms. The van der Waals surface area contributed by atoms with Crippen LogP contribution in [0.4, 0.5) is 0 Å². The molecular formula is C16H18N2O3S. The van der Waals surface area contributed by atoms with Gasteiger partial charge >= 0.3 is 5.97 Å². The molecule has 1 aromatic carbocycles.